The SMILES string of the molecule is CC(=O)c1sc(N2CCCCCC2)nc1-c1ccccc1. The highest BCUT2D eigenvalue weighted by molar-refractivity contribution is 7.18. The molecule has 110 valence electrons. The molecule has 0 unspecified atom stereocenters. The van der Waals surface area contributed by atoms with Gasteiger partial charge in [0, 0.05) is 25.6 Å². The summed E-state index contributed by atoms with van der Waals surface area (Å²) < 4.78 is 0. The van der Waals surface area contributed by atoms with Crippen LogP contribution >= 0.6 is 11.3 Å². The maximum absolute atomic E-state index is 12.0. The Labute approximate surface area is 129 Å². The maximum atomic E-state index is 12.0. The summed E-state index contributed by atoms with van der Waals surface area (Å²) >= 11 is 1.54. The summed E-state index contributed by atoms with van der Waals surface area (Å²) in [4.78, 5) is 19.9. The molecule has 0 N–H and O–H groups in total. The number of benzene rings is 1. The van der Waals surface area contributed by atoms with Gasteiger partial charge in [-0.15, -0.1) is 0 Å². The van der Waals surface area contributed by atoms with Gasteiger partial charge in [0.05, 0.1) is 10.6 Å². The number of carbonyl (C=O) groups excluding carboxylic acids is 1. The van der Waals surface area contributed by atoms with Crippen LogP contribution in [0.15, 0.2) is 30.3 Å². The van der Waals surface area contributed by atoms with E-state index in [9.17, 15) is 4.79 Å². The Morgan fingerprint density at radius 1 is 1.10 bits per heavy atom. The number of aromatic nitrogens is 1. The predicted molar refractivity (Wildman–Crippen MR) is 88.2 cm³/mol. The van der Waals surface area contributed by atoms with Crippen LogP contribution in [-0.2, 0) is 0 Å². The molecule has 0 spiro atoms. The zero-order chi connectivity index (χ0) is 14.7. The molecule has 1 aromatic heterocycles. The summed E-state index contributed by atoms with van der Waals surface area (Å²) in [6.07, 6.45) is 5.03. The number of Topliss-reactive ketones (excluding diaryl/α,β-unsaturated/α-hetero) is 1. The van der Waals surface area contributed by atoms with Crippen LogP contribution in [-0.4, -0.2) is 23.9 Å². The fraction of sp³-hybridized carbons (Fsp3) is 0.412. The van der Waals surface area contributed by atoms with Crippen molar-refractivity contribution in [3.05, 3.63) is 35.2 Å². The number of hydrogen-bond acceptors (Lipinski definition) is 4. The Morgan fingerprint density at radius 3 is 2.38 bits per heavy atom. The number of rotatable bonds is 3. The molecule has 21 heavy (non-hydrogen) atoms. The number of anilines is 1. The maximum Gasteiger partial charge on any atom is 0.186 e. The van der Waals surface area contributed by atoms with Crippen molar-refractivity contribution in [1.82, 2.24) is 4.98 Å². The van der Waals surface area contributed by atoms with Crippen molar-refractivity contribution in [2.24, 2.45) is 0 Å². The first-order chi connectivity index (χ1) is 10.3. The van der Waals surface area contributed by atoms with Crippen LogP contribution in [0.25, 0.3) is 11.3 Å². The molecule has 2 heterocycles. The van der Waals surface area contributed by atoms with Gasteiger partial charge >= 0.3 is 0 Å². The number of carbonyl (C=O) groups is 1. The molecule has 1 aromatic carbocycles. The molecule has 2 aromatic rings. The number of hydrogen-bond donors (Lipinski definition) is 0. The molecule has 0 aliphatic carbocycles. The van der Waals surface area contributed by atoms with E-state index in [2.05, 4.69) is 4.90 Å². The minimum atomic E-state index is 0.104. The minimum Gasteiger partial charge on any atom is -0.348 e. The molecule has 1 aliphatic rings. The molecule has 1 saturated heterocycles. The van der Waals surface area contributed by atoms with Crippen molar-refractivity contribution in [3.8, 4) is 11.3 Å². The van der Waals surface area contributed by atoms with E-state index in [1.54, 1.807) is 18.3 Å². The predicted octanol–water partition coefficient (Wildman–Crippen LogP) is 4.39. The van der Waals surface area contributed by atoms with Gasteiger partial charge in [0.25, 0.3) is 0 Å². The van der Waals surface area contributed by atoms with Crippen LogP contribution in [0.1, 0.15) is 42.3 Å². The van der Waals surface area contributed by atoms with E-state index in [4.69, 9.17) is 4.98 Å². The van der Waals surface area contributed by atoms with E-state index in [0.29, 0.717) is 0 Å². The standard InChI is InChI=1S/C17H20N2OS/c1-13(20)16-15(14-9-5-4-6-10-14)18-17(21-16)19-11-7-2-3-8-12-19/h4-6,9-10H,2-3,7-8,11-12H2,1H3. The van der Waals surface area contributed by atoms with E-state index in [1.807, 2.05) is 30.3 Å². The fourth-order valence-electron chi connectivity index (χ4n) is 2.74. The third-order valence-corrected chi connectivity index (χ3v) is 5.08. The average Bonchev–Trinajstić information content (AvgIpc) is 2.77. The molecule has 0 atom stereocenters. The van der Waals surface area contributed by atoms with Crippen molar-refractivity contribution < 1.29 is 4.79 Å². The second-order valence-electron chi connectivity index (χ2n) is 5.50. The van der Waals surface area contributed by atoms with Gasteiger partial charge in [-0.25, -0.2) is 4.98 Å². The zero-order valence-corrected chi connectivity index (χ0v) is 13.2. The van der Waals surface area contributed by atoms with Crippen LogP contribution < -0.4 is 4.90 Å². The monoisotopic (exact) mass is 300 g/mol. The Hall–Kier alpha value is -1.68. The highest BCUT2D eigenvalue weighted by Crippen LogP contribution is 2.34. The molecule has 1 fully saturated rings. The van der Waals surface area contributed by atoms with Gasteiger partial charge in [-0.3, -0.25) is 4.79 Å². The van der Waals surface area contributed by atoms with Crippen molar-refractivity contribution in [1.29, 1.82) is 0 Å². The van der Waals surface area contributed by atoms with Gasteiger partial charge in [0.1, 0.15) is 0 Å². The lowest BCUT2D eigenvalue weighted by Crippen LogP contribution is -2.23. The van der Waals surface area contributed by atoms with Crippen LogP contribution in [0.5, 0.6) is 0 Å². The van der Waals surface area contributed by atoms with Gasteiger partial charge in [-0.1, -0.05) is 54.5 Å². The molecular weight excluding hydrogens is 280 g/mol. The smallest absolute Gasteiger partial charge is 0.186 e. The van der Waals surface area contributed by atoms with E-state index in [1.165, 1.54) is 25.7 Å². The van der Waals surface area contributed by atoms with Gasteiger partial charge in [-0.2, -0.15) is 0 Å². The summed E-state index contributed by atoms with van der Waals surface area (Å²) in [5.41, 5.74) is 1.87. The molecule has 0 saturated carbocycles. The normalized spacial score (nSPS) is 15.8. The molecule has 3 nitrogen and oxygen atoms in total. The van der Waals surface area contributed by atoms with E-state index < -0.39 is 0 Å². The summed E-state index contributed by atoms with van der Waals surface area (Å²) in [6.45, 7) is 3.74. The molecular formula is C17H20N2OS. The first-order valence-electron chi connectivity index (χ1n) is 7.58. The lowest BCUT2D eigenvalue weighted by Gasteiger charge is -2.18. The van der Waals surface area contributed by atoms with Crippen LogP contribution in [0.4, 0.5) is 5.13 Å². The Morgan fingerprint density at radius 2 is 1.76 bits per heavy atom. The molecule has 0 radical (unpaired) electrons. The summed E-state index contributed by atoms with van der Waals surface area (Å²) in [5.74, 6) is 0.104. The van der Waals surface area contributed by atoms with Gasteiger partial charge in [0.15, 0.2) is 10.9 Å². The molecule has 3 rings (SSSR count). The number of nitrogens with zero attached hydrogens (tertiary/aromatic N) is 2. The second-order valence-corrected chi connectivity index (χ2v) is 6.48. The largest absolute Gasteiger partial charge is 0.348 e. The van der Waals surface area contributed by atoms with Crippen molar-refractivity contribution in [2.45, 2.75) is 32.6 Å². The highest BCUT2D eigenvalue weighted by atomic mass is 32.1. The van der Waals surface area contributed by atoms with E-state index in [0.717, 1.165) is 34.4 Å². The van der Waals surface area contributed by atoms with Gasteiger partial charge < -0.3 is 4.90 Å². The quantitative estimate of drug-likeness (QED) is 0.788. The summed E-state index contributed by atoms with van der Waals surface area (Å²) in [6, 6.07) is 10.0. The molecule has 0 amide bonds. The number of thiazole rings is 1. The summed E-state index contributed by atoms with van der Waals surface area (Å²) in [7, 11) is 0. The Kier molecular flexibility index (Phi) is 4.34. The van der Waals surface area contributed by atoms with E-state index >= 15 is 0 Å². The fourth-order valence-corrected chi connectivity index (χ4v) is 3.77. The second kappa shape index (κ2) is 6.39. The van der Waals surface area contributed by atoms with Crippen LogP contribution in [0.3, 0.4) is 0 Å². The van der Waals surface area contributed by atoms with Crippen LogP contribution in [0, 0.1) is 0 Å². The average molecular weight is 300 g/mol. The van der Waals surface area contributed by atoms with E-state index in [-0.39, 0.29) is 5.78 Å². The highest BCUT2D eigenvalue weighted by Gasteiger charge is 2.20. The topological polar surface area (TPSA) is 33.2 Å². The Bertz CT molecular complexity index is 613. The number of ketones is 1. The van der Waals surface area contributed by atoms with Gasteiger partial charge in [-0.05, 0) is 12.8 Å². The Balaban J connectivity index is 1.98. The first kappa shape index (κ1) is 14.3. The molecule has 1 aliphatic heterocycles. The summed E-state index contributed by atoms with van der Waals surface area (Å²) in [5, 5.41) is 1.00. The molecule has 4 heteroatoms. The minimum absolute atomic E-state index is 0.104. The third-order valence-electron chi connectivity index (χ3n) is 3.86. The lowest BCUT2D eigenvalue weighted by molar-refractivity contribution is 0.102. The van der Waals surface area contributed by atoms with Crippen molar-refractivity contribution >= 4 is 22.3 Å². The van der Waals surface area contributed by atoms with Crippen molar-refractivity contribution in [2.75, 3.05) is 18.0 Å². The lowest BCUT2D eigenvalue weighted by atomic mass is 10.1. The zero-order valence-electron chi connectivity index (χ0n) is 12.3. The van der Waals surface area contributed by atoms with Crippen molar-refractivity contribution in [3.63, 3.8) is 0 Å². The third kappa shape index (κ3) is 3.16. The first-order valence-corrected chi connectivity index (χ1v) is 8.39. The molecule has 0 bridgehead atoms. The van der Waals surface area contributed by atoms with Crippen LogP contribution in [0.2, 0.25) is 0 Å². The van der Waals surface area contributed by atoms with Gasteiger partial charge in [0.2, 0.25) is 0 Å².